The Morgan fingerprint density at radius 2 is 2.31 bits per heavy atom. The molecule has 0 saturated carbocycles. The molecule has 0 spiro atoms. The van der Waals surface area contributed by atoms with Gasteiger partial charge in [0.25, 0.3) is 0 Å². The highest BCUT2D eigenvalue weighted by molar-refractivity contribution is 9.10. The molecule has 0 amide bonds. The standard InChI is InChI=1S/C7H6BrN3O2/c1-3(12)5-4(2)13-7-9-6(8)10-11(5)7/h1-2H3. The van der Waals surface area contributed by atoms with E-state index in [1.54, 1.807) is 6.92 Å². The predicted molar refractivity (Wildman–Crippen MR) is 47.7 cm³/mol. The molecule has 6 heteroatoms. The van der Waals surface area contributed by atoms with Crippen molar-refractivity contribution in [3.8, 4) is 0 Å². The maximum atomic E-state index is 11.2. The number of carbonyl (C=O) groups is 1. The van der Waals surface area contributed by atoms with Crippen LogP contribution in [0.25, 0.3) is 5.84 Å². The lowest BCUT2D eigenvalue weighted by atomic mass is 10.3. The molecule has 0 atom stereocenters. The van der Waals surface area contributed by atoms with Crippen LogP contribution in [-0.4, -0.2) is 20.4 Å². The molecular formula is C7H6BrN3O2. The number of nitrogens with zero attached hydrogens (tertiary/aromatic N) is 3. The molecule has 5 nitrogen and oxygen atoms in total. The fourth-order valence-electron chi connectivity index (χ4n) is 1.22. The molecular weight excluding hydrogens is 238 g/mol. The maximum Gasteiger partial charge on any atom is 0.326 e. The third kappa shape index (κ3) is 1.17. The van der Waals surface area contributed by atoms with Crippen LogP contribution in [0.3, 0.4) is 0 Å². The van der Waals surface area contributed by atoms with Gasteiger partial charge in [-0.3, -0.25) is 4.79 Å². The molecule has 2 aromatic heterocycles. The van der Waals surface area contributed by atoms with Crippen molar-refractivity contribution in [3.63, 3.8) is 0 Å². The lowest BCUT2D eigenvalue weighted by molar-refractivity contribution is 0.101. The zero-order chi connectivity index (χ0) is 9.59. The summed E-state index contributed by atoms with van der Waals surface area (Å²) in [5.74, 6) is 0.776. The van der Waals surface area contributed by atoms with E-state index in [1.165, 1.54) is 11.4 Å². The van der Waals surface area contributed by atoms with Gasteiger partial charge in [-0.05, 0) is 22.9 Å². The number of hydrogen-bond acceptors (Lipinski definition) is 4. The van der Waals surface area contributed by atoms with E-state index in [-0.39, 0.29) is 5.78 Å². The molecule has 0 N–H and O–H groups in total. The molecule has 0 aromatic carbocycles. The molecule has 0 fully saturated rings. The molecule has 2 heterocycles. The molecule has 0 bridgehead atoms. The minimum atomic E-state index is -0.0892. The van der Waals surface area contributed by atoms with Crippen LogP contribution >= 0.6 is 15.9 Å². The summed E-state index contributed by atoms with van der Waals surface area (Å²) in [5, 5.41) is 3.96. The number of ketones is 1. The number of rotatable bonds is 1. The summed E-state index contributed by atoms with van der Waals surface area (Å²) in [7, 11) is 0. The molecule has 13 heavy (non-hydrogen) atoms. The normalized spacial score (nSPS) is 11.0. The molecule has 0 radical (unpaired) electrons. The van der Waals surface area contributed by atoms with Gasteiger partial charge in [-0.2, -0.15) is 9.50 Å². The van der Waals surface area contributed by atoms with E-state index in [0.29, 0.717) is 22.0 Å². The van der Waals surface area contributed by atoms with E-state index in [9.17, 15) is 4.79 Å². The summed E-state index contributed by atoms with van der Waals surface area (Å²) in [4.78, 5) is 15.1. The number of aromatic nitrogens is 3. The van der Waals surface area contributed by atoms with Crippen LogP contribution in [-0.2, 0) is 0 Å². The number of carbonyl (C=O) groups excluding carboxylic acids is 1. The van der Waals surface area contributed by atoms with Crippen LogP contribution in [0.4, 0.5) is 0 Å². The lowest BCUT2D eigenvalue weighted by Crippen LogP contribution is -2.00. The summed E-state index contributed by atoms with van der Waals surface area (Å²) in [5.41, 5.74) is 0.438. The van der Waals surface area contributed by atoms with Crippen molar-refractivity contribution >= 4 is 27.6 Å². The zero-order valence-corrected chi connectivity index (χ0v) is 8.62. The fourth-order valence-corrected chi connectivity index (χ4v) is 1.53. The Bertz CT molecular complexity index is 485. The second kappa shape index (κ2) is 2.66. The Hall–Kier alpha value is -1.17. The molecule has 0 unspecified atom stereocenters. The van der Waals surface area contributed by atoms with E-state index >= 15 is 0 Å². The van der Waals surface area contributed by atoms with Crippen molar-refractivity contribution in [1.82, 2.24) is 14.6 Å². The Balaban J connectivity index is 2.83. The average Bonchev–Trinajstić information content (AvgIpc) is 2.41. The highest BCUT2D eigenvalue weighted by atomic mass is 79.9. The maximum absolute atomic E-state index is 11.2. The molecule has 2 aromatic rings. The number of fused-ring (bicyclic) bond motifs is 1. The Morgan fingerprint density at radius 3 is 2.92 bits per heavy atom. The summed E-state index contributed by atoms with van der Waals surface area (Å²) < 4.78 is 7.02. The summed E-state index contributed by atoms with van der Waals surface area (Å²) in [6, 6.07) is 0. The van der Waals surface area contributed by atoms with Crippen molar-refractivity contribution in [2.45, 2.75) is 13.8 Å². The monoisotopic (exact) mass is 243 g/mol. The average molecular weight is 244 g/mol. The summed E-state index contributed by atoms with van der Waals surface area (Å²) in [6.07, 6.45) is 0. The first-order chi connectivity index (χ1) is 6.09. The van der Waals surface area contributed by atoms with Gasteiger partial charge in [0, 0.05) is 6.92 Å². The molecule has 68 valence electrons. The minimum Gasteiger partial charge on any atom is -0.427 e. The fraction of sp³-hybridized carbons (Fsp3) is 0.286. The molecule has 0 aliphatic heterocycles. The van der Waals surface area contributed by atoms with Crippen LogP contribution < -0.4 is 0 Å². The van der Waals surface area contributed by atoms with Crippen LogP contribution in [0.5, 0.6) is 0 Å². The largest absolute Gasteiger partial charge is 0.427 e. The Morgan fingerprint density at radius 1 is 1.62 bits per heavy atom. The number of hydrogen-bond donors (Lipinski definition) is 0. The Labute approximate surface area is 81.9 Å². The van der Waals surface area contributed by atoms with Crippen molar-refractivity contribution in [2.24, 2.45) is 0 Å². The molecule has 0 aliphatic rings. The van der Waals surface area contributed by atoms with E-state index in [1.807, 2.05) is 0 Å². The van der Waals surface area contributed by atoms with Crippen LogP contribution in [0.15, 0.2) is 9.15 Å². The minimum absolute atomic E-state index is 0.0892. The quantitative estimate of drug-likeness (QED) is 0.714. The van der Waals surface area contributed by atoms with Gasteiger partial charge in [0.05, 0.1) is 0 Å². The summed E-state index contributed by atoms with van der Waals surface area (Å²) in [6.45, 7) is 3.17. The van der Waals surface area contributed by atoms with Crippen molar-refractivity contribution < 1.29 is 9.21 Å². The Kier molecular flexibility index (Phi) is 1.73. The molecule has 0 aliphatic carbocycles. The van der Waals surface area contributed by atoms with Gasteiger partial charge < -0.3 is 4.42 Å². The number of oxazole rings is 1. The van der Waals surface area contributed by atoms with Crippen LogP contribution in [0.1, 0.15) is 23.2 Å². The second-order valence-corrected chi connectivity index (χ2v) is 3.35. The van der Waals surface area contributed by atoms with Crippen LogP contribution in [0, 0.1) is 6.92 Å². The van der Waals surface area contributed by atoms with E-state index in [4.69, 9.17) is 4.42 Å². The molecule has 0 saturated heterocycles. The van der Waals surface area contributed by atoms with Gasteiger partial charge in [0.1, 0.15) is 5.76 Å². The van der Waals surface area contributed by atoms with Gasteiger partial charge in [0.2, 0.25) is 4.73 Å². The van der Waals surface area contributed by atoms with Crippen LogP contribution in [0.2, 0.25) is 0 Å². The highest BCUT2D eigenvalue weighted by Crippen LogP contribution is 2.16. The van der Waals surface area contributed by atoms with Crippen molar-refractivity contribution in [3.05, 3.63) is 16.2 Å². The first kappa shape index (κ1) is 8.43. The van der Waals surface area contributed by atoms with Gasteiger partial charge in [-0.25, -0.2) is 0 Å². The van der Waals surface area contributed by atoms with Gasteiger partial charge >= 0.3 is 5.84 Å². The third-order valence-corrected chi connectivity index (χ3v) is 2.01. The van der Waals surface area contributed by atoms with Crippen molar-refractivity contribution in [2.75, 3.05) is 0 Å². The first-order valence-corrected chi connectivity index (χ1v) is 4.41. The molecule has 2 rings (SSSR count). The number of Topliss-reactive ketones (excluding diaryl/α,β-unsaturated/α-hetero) is 1. The van der Waals surface area contributed by atoms with E-state index < -0.39 is 0 Å². The highest BCUT2D eigenvalue weighted by Gasteiger charge is 2.17. The lowest BCUT2D eigenvalue weighted by Gasteiger charge is -1.89. The van der Waals surface area contributed by atoms with Gasteiger partial charge in [-0.1, -0.05) is 0 Å². The predicted octanol–water partition coefficient (Wildman–Crippen LogP) is 1.60. The van der Waals surface area contributed by atoms with E-state index in [0.717, 1.165) is 0 Å². The topological polar surface area (TPSA) is 60.4 Å². The summed E-state index contributed by atoms with van der Waals surface area (Å²) >= 11 is 3.10. The number of aryl methyl sites for hydroxylation is 1. The third-order valence-electron chi connectivity index (χ3n) is 1.67. The smallest absolute Gasteiger partial charge is 0.326 e. The van der Waals surface area contributed by atoms with E-state index in [2.05, 4.69) is 26.0 Å². The second-order valence-electron chi connectivity index (χ2n) is 2.64. The van der Waals surface area contributed by atoms with Gasteiger partial charge in [-0.15, -0.1) is 5.10 Å². The zero-order valence-electron chi connectivity index (χ0n) is 7.04. The van der Waals surface area contributed by atoms with Gasteiger partial charge in [0.15, 0.2) is 11.5 Å². The van der Waals surface area contributed by atoms with Crippen molar-refractivity contribution in [1.29, 1.82) is 0 Å². The first-order valence-electron chi connectivity index (χ1n) is 3.62. The number of halogens is 1. The SMILES string of the molecule is CC(=O)c1c(C)oc2nc(Br)nn12.